The Morgan fingerprint density at radius 2 is 1.73 bits per heavy atom. The van der Waals surface area contributed by atoms with Crippen LogP contribution in [0.2, 0.25) is 0 Å². The molecule has 2 aromatic carbocycles. The lowest BCUT2D eigenvalue weighted by atomic mass is 10.2. The van der Waals surface area contributed by atoms with Crippen molar-refractivity contribution < 1.29 is 4.79 Å². The Morgan fingerprint density at radius 1 is 1.00 bits per heavy atom. The molecule has 2 N–H and O–H groups in total. The molecule has 1 aromatic heterocycles. The van der Waals surface area contributed by atoms with Crippen LogP contribution in [0.3, 0.4) is 0 Å². The minimum Gasteiger partial charge on any atom is -0.347 e. The van der Waals surface area contributed by atoms with E-state index in [-0.39, 0.29) is 17.8 Å². The van der Waals surface area contributed by atoms with Crippen molar-refractivity contribution in [3.63, 3.8) is 0 Å². The van der Waals surface area contributed by atoms with E-state index in [0.29, 0.717) is 5.82 Å². The van der Waals surface area contributed by atoms with Gasteiger partial charge < -0.3 is 10.6 Å². The summed E-state index contributed by atoms with van der Waals surface area (Å²) < 4.78 is 0. The molecule has 132 valence electrons. The standard InChI is InChI=1S/C21H22N4O/c1-14-10-12-16(13-11-14)22-19-17-8-4-5-9-18(17)24-20(25-19)21(26)23-15-6-2-3-7-15/h4-5,8-13,15H,2-3,6-7H2,1H3,(H,23,26)(H,22,24,25). The van der Waals surface area contributed by atoms with Crippen LogP contribution in [0.5, 0.6) is 0 Å². The maximum atomic E-state index is 12.6. The zero-order valence-corrected chi connectivity index (χ0v) is 14.8. The highest BCUT2D eigenvalue weighted by Crippen LogP contribution is 2.24. The Morgan fingerprint density at radius 3 is 2.50 bits per heavy atom. The first-order chi connectivity index (χ1) is 12.7. The van der Waals surface area contributed by atoms with Crippen LogP contribution in [-0.2, 0) is 0 Å². The number of nitrogens with zero attached hydrogens (tertiary/aromatic N) is 2. The largest absolute Gasteiger partial charge is 0.347 e. The number of rotatable bonds is 4. The number of hydrogen-bond donors (Lipinski definition) is 2. The summed E-state index contributed by atoms with van der Waals surface area (Å²) in [5, 5.41) is 7.29. The molecule has 1 amide bonds. The van der Waals surface area contributed by atoms with Gasteiger partial charge >= 0.3 is 0 Å². The summed E-state index contributed by atoms with van der Waals surface area (Å²) in [7, 11) is 0. The van der Waals surface area contributed by atoms with E-state index in [4.69, 9.17) is 0 Å². The van der Waals surface area contributed by atoms with Gasteiger partial charge in [-0.25, -0.2) is 9.97 Å². The molecule has 4 rings (SSSR count). The van der Waals surface area contributed by atoms with Crippen molar-refractivity contribution in [3.8, 4) is 0 Å². The highest BCUT2D eigenvalue weighted by Gasteiger charge is 2.20. The molecule has 5 nitrogen and oxygen atoms in total. The van der Waals surface area contributed by atoms with Crippen molar-refractivity contribution in [3.05, 3.63) is 59.9 Å². The number of aryl methyl sites for hydroxylation is 1. The minimum atomic E-state index is -0.199. The monoisotopic (exact) mass is 346 g/mol. The van der Waals surface area contributed by atoms with E-state index in [0.717, 1.165) is 29.4 Å². The van der Waals surface area contributed by atoms with Crippen molar-refractivity contribution in [1.29, 1.82) is 0 Å². The van der Waals surface area contributed by atoms with Gasteiger partial charge in [0.2, 0.25) is 5.82 Å². The number of carbonyl (C=O) groups excluding carboxylic acids is 1. The number of nitrogens with one attached hydrogen (secondary N) is 2. The predicted molar refractivity (Wildman–Crippen MR) is 104 cm³/mol. The van der Waals surface area contributed by atoms with Crippen molar-refractivity contribution in [2.24, 2.45) is 0 Å². The Bertz CT molecular complexity index is 930. The third-order valence-corrected chi connectivity index (χ3v) is 4.81. The SMILES string of the molecule is Cc1ccc(Nc2nc(C(=O)NC3CCCC3)nc3ccccc23)cc1. The van der Waals surface area contributed by atoms with Gasteiger partial charge in [-0.3, -0.25) is 4.79 Å². The van der Waals surface area contributed by atoms with E-state index in [2.05, 4.69) is 27.5 Å². The molecule has 1 heterocycles. The highest BCUT2D eigenvalue weighted by molar-refractivity contribution is 5.97. The summed E-state index contributed by atoms with van der Waals surface area (Å²) in [6, 6.07) is 16.1. The number of amides is 1. The second-order valence-corrected chi connectivity index (χ2v) is 6.86. The van der Waals surface area contributed by atoms with E-state index in [1.807, 2.05) is 48.5 Å². The van der Waals surface area contributed by atoms with Crippen LogP contribution in [0.4, 0.5) is 11.5 Å². The first-order valence-electron chi connectivity index (χ1n) is 9.10. The molecule has 3 aromatic rings. The number of anilines is 2. The molecular weight excluding hydrogens is 324 g/mol. The third kappa shape index (κ3) is 3.52. The van der Waals surface area contributed by atoms with Crippen LogP contribution < -0.4 is 10.6 Å². The van der Waals surface area contributed by atoms with E-state index in [9.17, 15) is 4.79 Å². The van der Waals surface area contributed by atoms with Crippen LogP contribution in [-0.4, -0.2) is 21.9 Å². The first-order valence-corrected chi connectivity index (χ1v) is 9.10. The molecule has 5 heteroatoms. The van der Waals surface area contributed by atoms with Gasteiger partial charge in [-0.15, -0.1) is 0 Å². The van der Waals surface area contributed by atoms with E-state index in [1.54, 1.807) is 0 Å². The average molecular weight is 346 g/mol. The molecule has 0 bridgehead atoms. The molecule has 0 saturated heterocycles. The second kappa shape index (κ2) is 7.12. The van der Waals surface area contributed by atoms with Crippen LogP contribution >= 0.6 is 0 Å². The summed E-state index contributed by atoms with van der Waals surface area (Å²) in [4.78, 5) is 21.6. The Balaban J connectivity index is 1.68. The zero-order valence-electron chi connectivity index (χ0n) is 14.8. The smallest absolute Gasteiger partial charge is 0.289 e. The molecule has 0 atom stereocenters. The fourth-order valence-corrected chi connectivity index (χ4v) is 3.37. The Hall–Kier alpha value is -2.95. The quantitative estimate of drug-likeness (QED) is 0.737. The van der Waals surface area contributed by atoms with E-state index >= 15 is 0 Å². The van der Waals surface area contributed by atoms with Crippen LogP contribution in [0.15, 0.2) is 48.5 Å². The normalized spacial score (nSPS) is 14.5. The van der Waals surface area contributed by atoms with Gasteiger partial charge in [-0.1, -0.05) is 42.7 Å². The van der Waals surface area contributed by atoms with Crippen LogP contribution in [0.1, 0.15) is 41.9 Å². The number of fused-ring (bicyclic) bond motifs is 1. The van der Waals surface area contributed by atoms with Gasteiger partial charge in [-0.05, 0) is 44.0 Å². The Labute approximate surface area is 152 Å². The molecular formula is C21H22N4O. The van der Waals surface area contributed by atoms with Crippen LogP contribution in [0.25, 0.3) is 10.9 Å². The zero-order chi connectivity index (χ0) is 17.9. The molecule has 1 aliphatic carbocycles. The Kier molecular flexibility index (Phi) is 4.52. The summed E-state index contributed by atoms with van der Waals surface area (Å²) in [5.41, 5.74) is 2.88. The summed E-state index contributed by atoms with van der Waals surface area (Å²) >= 11 is 0. The van der Waals surface area contributed by atoms with E-state index < -0.39 is 0 Å². The fraction of sp³-hybridized carbons (Fsp3) is 0.286. The lowest BCUT2D eigenvalue weighted by Gasteiger charge is -2.13. The van der Waals surface area contributed by atoms with Gasteiger partial charge in [-0.2, -0.15) is 0 Å². The molecule has 0 spiro atoms. The third-order valence-electron chi connectivity index (χ3n) is 4.81. The van der Waals surface area contributed by atoms with Crippen molar-refractivity contribution in [2.75, 3.05) is 5.32 Å². The minimum absolute atomic E-state index is 0.199. The number of para-hydroxylation sites is 1. The van der Waals surface area contributed by atoms with Gasteiger partial charge in [0.05, 0.1) is 5.52 Å². The maximum Gasteiger partial charge on any atom is 0.289 e. The van der Waals surface area contributed by atoms with Crippen molar-refractivity contribution in [2.45, 2.75) is 38.6 Å². The van der Waals surface area contributed by atoms with Crippen molar-refractivity contribution >= 4 is 28.3 Å². The molecule has 26 heavy (non-hydrogen) atoms. The highest BCUT2D eigenvalue weighted by atomic mass is 16.2. The molecule has 0 aliphatic heterocycles. The first kappa shape index (κ1) is 16.5. The van der Waals surface area contributed by atoms with Gasteiger partial charge in [0.1, 0.15) is 5.82 Å². The molecule has 0 unspecified atom stereocenters. The average Bonchev–Trinajstić information content (AvgIpc) is 3.16. The number of carbonyl (C=O) groups is 1. The molecule has 0 radical (unpaired) electrons. The van der Waals surface area contributed by atoms with Gasteiger partial charge in [0.25, 0.3) is 5.91 Å². The topological polar surface area (TPSA) is 66.9 Å². The van der Waals surface area contributed by atoms with E-state index in [1.165, 1.54) is 18.4 Å². The van der Waals surface area contributed by atoms with Crippen LogP contribution in [0, 0.1) is 6.92 Å². The molecule has 1 aliphatic rings. The predicted octanol–water partition coefficient (Wildman–Crippen LogP) is 4.35. The summed E-state index contributed by atoms with van der Waals surface area (Å²) in [6.07, 6.45) is 4.41. The molecule has 1 saturated carbocycles. The number of benzene rings is 2. The maximum absolute atomic E-state index is 12.6. The lowest BCUT2D eigenvalue weighted by molar-refractivity contribution is 0.0928. The van der Waals surface area contributed by atoms with Crippen molar-refractivity contribution in [1.82, 2.24) is 15.3 Å². The summed E-state index contributed by atoms with van der Waals surface area (Å²) in [5.74, 6) is 0.663. The van der Waals surface area contributed by atoms with Gasteiger partial charge in [0, 0.05) is 17.1 Å². The lowest BCUT2D eigenvalue weighted by Crippen LogP contribution is -2.33. The number of hydrogen-bond acceptors (Lipinski definition) is 4. The fourth-order valence-electron chi connectivity index (χ4n) is 3.37. The second-order valence-electron chi connectivity index (χ2n) is 6.86. The van der Waals surface area contributed by atoms with Gasteiger partial charge in [0.15, 0.2) is 0 Å². The summed E-state index contributed by atoms with van der Waals surface area (Å²) in [6.45, 7) is 2.05. The molecule has 1 fully saturated rings. The number of aromatic nitrogens is 2.